The van der Waals surface area contributed by atoms with Gasteiger partial charge in [0.25, 0.3) is 11.8 Å². The van der Waals surface area contributed by atoms with Crippen molar-refractivity contribution in [1.29, 1.82) is 0 Å². The predicted octanol–water partition coefficient (Wildman–Crippen LogP) is 2.55. The average molecular weight is 519 g/mol. The van der Waals surface area contributed by atoms with Crippen LogP contribution in [0.1, 0.15) is 80.7 Å². The quantitative estimate of drug-likeness (QED) is 0.541. The summed E-state index contributed by atoms with van der Waals surface area (Å²) in [7, 11) is 2.09. The third kappa shape index (κ3) is 5.38. The van der Waals surface area contributed by atoms with Crippen LogP contribution in [0.5, 0.6) is 0 Å². The molecule has 9 heteroatoms. The largest absolute Gasteiger partial charge is 0.366 e. The molecule has 1 unspecified atom stereocenters. The molecule has 202 valence electrons. The van der Waals surface area contributed by atoms with E-state index in [9.17, 15) is 14.4 Å². The molecular formula is C29H38N6O3. The van der Waals surface area contributed by atoms with Crippen molar-refractivity contribution in [1.82, 2.24) is 20.5 Å². The van der Waals surface area contributed by atoms with E-state index >= 15 is 0 Å². The van der Waals surface area contributed by atoms with Gasteiger partial charge in [0.2, 0.25) is 5.91 Å². The molecule has 0 spiro atoms. The van der Waals surface area contributed by atoms with Crippen LogP contribution in [0.2, 0.25) is 0 Å². The van der Waals surface area contributed by atoms with Crippen LogP contribution in [0.4, 0.5) is 5.82 Å². The first kappa shape index (κ1) is 26.2. The van der Waals surface area contributed by atoms with Crippen molar-refractivity contribution in [3.63, 3.8) is 0 Å². The first-order valence-corrected chi connectivity index (χ1v) is 13.6. The van der Waals surface area contributed by atoms with Crippen molar-refractivity contribution in [3.8, 4) is 0 Å². The number of nitrogens with two attached hydrogens (primary N) is 1. The predicted molar refractivity (Wildman–Crippen MR) is 146 cm³/mol. The van der Waals surface area contributed by atoms with Crippen LogP contribution in [0.15, 0.2) is 30.5 Å². The minimum atomic E-state index is -0.485. The van der Waals surface area contributed by atoms with Crippen LogP contribution >= 0.6 is 0 Å². The van der Waals surface area contributed by atoms with Gasteiger partial charge in [-0.1, -0.05) is 0 Å². The van der Waals surface area contributed by atoms with E-state index in [0.717, 1.165) is 63.0 Å². The molecule has 3 amide bonds. The van der Waals surface area contributed by atoms with Crippen LogP contribution in [0.3, 0.4) is 0 Å². The van der Waals surface area contributed by atoms with Gasteiger partial charge in [-0.15, -0.1) is 0 Å². The second kappa shape index (κ2) is 10.7. The molecule has 4 atom stereocenters. The maximum absolute atomic E-state index is 13.1. The summed E-state index contributed by atoms with van der Waals surface area (Å²) in [6.45, 7) is 5.58. The van der Waals surface area contributed by atoms with Gasteiger partial charge >= 0.3 is 0 Å². The molecule has 0 saturated carbocycles. The number of aryl methyl sites for hydroxylation is 2. The van der Waals surface area contributed by atoms with Crippen LogP contribution in [0.25, 0.3) is 0 Å². The molecular weight excluding hydrogens is 480 g/mol. The zero-order valence-electron chi connectivity index (χ0n) is 22.5. The van der Waals surface area contributed by atoms with E-state index in [2.05, 4.69) is 32.5 Å². The van der Waals surface area contributed by atoms with Crippen molar-refractivity contribution < 1.29 is 14.4 Å². The van der Waals surface area contributed by atoms with E-state index in [4.69, 9.17) is 5.73 Å². The number of hydrogen-bond acceptors (Lipinski definition) is 6. The van der Waals surface area contributed by atoms with Crippen LogP contribution in [0, 0.1) is 13.8 Å². The number of primary amides is 1. The smallest absolute Gasteiger partial charge is 0.253 e. The highest BCUT2D eigenvalue weighted by Gasteiger charge is 2.42. The molecule has 3 aliphatic rings. The number of amides is 3. The molecule has 9 nitrogen and oxygen atoms in total. The number of rotatable bonds is 6. The molecule has 2 aromatic rings. The van der Waals surface area contributed by atoms with E-state index in [-0.39, 0.29) is 23.9 Å². The Balaban J connectivity index is 1.20. The van der Waals surface area contributed by atoms with Gasteiger partial charge in [-0.2, -0.15) is 0 Å². The summed E-state index contributed by atoms with van der Waals surface area (Å²) in [4.78, 5) is 46.8. The lowest BCUT2D eigenvalue weighted by Gasteiger charge is -2.40. The Morgan fingerprint density at radius 3 is 2.21 bits per heavy atom. The number of carbonyl (C=O) groups excluding carboxylic acids is 3. The first-order chi connectivity index (χ1) is 18.2. The molecule has 0 aliphatic carbocycles. The lowest BCUT2D eigenvalue weighted by Crippen LogP contribution is -2.51. The van der Waals surface area contributed by atoms with Crippen molar-refractivity contribution in [2.24, 2.45) is 5.73 Å². The Kier molecular flexibility index (Phi) is 7.38. The number of benzene rings is 1. The van der Waals surface area contributed by atoms with Crippen molar-refractivity contribution in [3.05, 3.63) is 58.3 Å². The van der Waals surface area contributed by atoms with Crippen molar-refractivity contribution in [2.45, 2.75) is 76.5 Å². The SMILES string of the molecule is Cc1cc(C(=O)NC2C[C@H]3CC[C@@H](C2)N3c2ccc(C(=O)N[C@@H]3CCCN(C)C3)cn2)c(C)cc1C(N)=O. The number of likely N-dealkylation sites (tertiary alicyclic amines) is 1. The minimum Gasteiger partial charge on any atom is -0.366 e. The molecule has 4 heterocycles. The molecule has 2 bridgehead atoms. The van der Waals surface area contributed by atoms with Gasteiger partial charge in [0.05, 0.1) is 5.56 Å². The molecule has 38 heavy (non-hydrogen) atoms. The number of piperidine rings is 2. The van der Waals surface area contributed by atoms with Crippen molar-refractivity contribution >= 4 is 23.5 Å². The molecule has 4 N–H and O–H groups in total. The summed E-state index contributed by atoms with van der Waals surface area (Å²) in [5.41, 5.74) is 8.52. The highest BCUT2D eigenvalue weighted by molar-refractivity contribution is 5.99. The van der Waals surface area contributed by atoms with E-state index in [0.29, 0.717) is 34.3 Å². The number of fused-ring (bicyclic) bond motifs is 2. The number of pyridine rings is 1. The fraction of sp³-hybridized carbons (Fsp3) is 0.517. The lowest BCUT2D eigenvalue weighted by molar-refractivity contribution is 0.0908. The Bertz CT molecular complexity index is 1220. The Hall–Kier alpha value is -3.46. The maximum atomic E-state index is 13.1. The second-order valence-electron chi connectivity index (χ2n) is 11.3. The van der Waals surface area contributed by atoms with Gasteiger partial charge in [-0.3, -0.25) is 14.4 Å². The standard InChI is InChI=1S/C29H38N6O3/c1-17-12-25(18(2)11-24(17)27(30)36)29(38)33-21-13-22-7-8-23(14-21)35(22)26-9-6-19(15-31-26)28(37)32-20-5-4-10-34(3)16-20/h6,9,11-12,15,20-23H,4-5,7-8,10,13-14,16H2,1-3H3,(H2,30,36)(H,32,37)(H,33,38)/t20-,21?,22-,23+/m1/s1. The van der Waals surface area contributed by atoms with Gasteiger partial charge < -0.3 is 26.2 Å². The number of likely N-dealkylation sites (N-methyl/N-ethyl adjacent to an activating group) is 1. The number of nitrogens with one attached hydrogen (secondary N) is 2. The molecule has 1 aromatic heterocycles. The first-order valence-electron chi connectivity index (χ1n) is 13.6. The Morgan fingerprint density at radius 2 is 1.58 bits per heavy atom. The number of nitrogens with zero attached hydrogens (tertiary/aromatic N) is 3. The van der Waals surface area contributed by atoms with Gasteiger partial charge in [-0.05, 0) is 101 Å². The topological polar surface area (TPSA) is 121 Å². The van der Waals surface area contributed by atoms with E-state index < -0.39 is 5.91 Å². The highest BCUT2D eigenvalue weighted by Crippen LogP contribution is 2.38. The van der Waals surface area contributed by atoms with Crippen LogP contribution in [-0.2, 0) is 0 Å². The second-order valence-corrected chi connectivity index (χ2v) is 11.3. The highest BCUT2D eigenvalue weighted by atomic mass is 16.2. The van der Waals surface area contributed by atoms with E-state index in [1.807, 2.05) is 19.1 Å². The summed E-state index contributed by atoms with van der Waals surface area (Å²) < 4.78 is 0. The molecule has 3 aliphatic heterocycles. The molecule has 3 saturated heterocycles. The minimum absolute atomic E-state index is 0.0665. The number of anilines is 1. The fourth-order valence-electron chi connectivity index (χ4n) is 6.48. The summed E-state index contributed by atoms with van der Waals surface area (Å²) >= 11 is 0. The summed E-state index contributed by atoms with van der Waals surface area (Å²) in [5.74, 6) is 0.228. The van der Waals surface area contributed by atoms with E-state index in [1.165, 1.54) is 0 Å². The normalized spacial score (nSPS) is 25.2. The number of carbonyl (C=O) groups is 3. The average Bonchev–Trinajstić information content (AvgIpc) is 3.15. The third-order valence-electron chi connectivity index (χ3n) is 8.38. The molecule has 1 aromatic carbocycles. The maximum Gasteiger partial charge on any atom is 0.253 e. The monoisotopic (exact) mass is 518 g/mol. The number of hydrogen-bond donors (Lipinski definition) is 3. The van der Waals surface area contributed by atoms with Gasteiger partial charge in [0.1, 0.15) is 5.82 Å². The Labute approximate surface area is 224 Å². The van der Waals surface area contributed by atoms with Crippen LogP contribution < -0.4 is 21.3 Å². The van der Waals surface area contributed by atoms with Crippen molar-refractivity contribution in [2.75, 3.05) is 25.0 Å². The third-order valence-corrected chi connectivity index (χ3v) is 8.38. The molecule has 5 rings (SSSR count). The molecule has 3 fully saturated rings. The lowest BCUT2D eigenvalue weighted by atomic mass is 9.95. The summed E-state index contributed by atoms with van der Waals surface area (Å²) in [6.07, 6.45) is 7.60. The Morgan fingerprint density at radius 1 is 0.921 bits per heavy atom. The zero-order valence-corrected chi connectivity index (χ0v) is 22.5. The summed E-state index contributed by atoms with van der Waals surface area (Å²) in [6, 6.07) is 8.13. The zero-order chi connectivity index (χ0) is 27.0. The van der Waals surface area contributed by atoms with E-state index in [1.54, 1.807) is 25.3 Å². The van der Waals surface area contributed by atoms with Gasteiger partial charge in [0.15, 0.2) is 0 Å². The van der Waals surface area contributed by atoms with Crippen LogP contribution in [-0.4, -0.2) is 71.9 Å². The number of aromatic nitrogens is 1. The summed E-state index contributed by atoms with van der Waals surface area (Å²) in [5, 5.41) is 6.38. The van der Waals surface area contributed by atoms with Gasteiger partial charge in [-0.25, -0.2) is 4.98 Å². The van der Waals surface area contributed by atoms with Gasteiger partial charge in [0, 0.05) is 48.0 Å². The fourth-order valence-corrected chi connectivity index (χ4v) is 6.48. The molecule has 0 radical (unpaired) electrons.